The lowest BCUT2D eigenvalue weighted by atomic mass is 9.79. The number of hydrogen-bond acceptors (Lipinski definition) is 5. The van der Waals surface area contributed by atoms with E-state index >= 15 is 0 Å². The van der Waals surface area contributed by atoms with Crippen LogP contribution in [0.4, 0.5) is 5.69 Å². The Morgan fingerprint density at radius 2 is 2.12 bits per heavy atom. The van der Waals surface area contributed by atoms with Crippen LogP contribution in [0, 0.1) is 5.41 Å². The van der Waals surface area contributed by atoms with E-state index in [1.807, 2.05) is 18.2 Å². The number of amides is 1. The Morgan fingerprint density at radius 3 is 2.79 bits per heavy atom. The van der Waals surface area contributed by atoms with Gasteiger partial charge in [-0.1, -0.05) is 0 Å². The molecule has 1 aromatic heterocycles. The SMILES string of the molecule is Cl.NCC1(C(=O)Nc2ccc3nc(C4CC4)sc3c2)CCOCC1. The van der Waals surface area contributed by atoms with Crippen LogP contribution >= 0.6 is 23.7 Å². The molecule has 2 aliphatic rings. The van der Waals surface area contributed by atoms with E-state index in [9.17, 15) is 4.79 Å². The molecule has 1 amide bonds. The van der Waals surface area contributed by atoms with E-state index < -0.39 is 5.41 Å². The number of rotatable bonds is 4. The molecule has 24 heavy (non-hydrogen) atoms. The molecule has 1 aliphatic carbocycles. The highest BCUT2D eigenvalue weighted by atomic mass is 35.5. The topological polar surface area (TPSA) is 77.2 Å². The minimum Gasteiger partial charge on any atom is -0.381 e. The second-order valence-corrected chi connectivity index (χ2v) is 7.62. The van der Waals surface area contributed by atoms with Crippen LogP contribution in [0.1, 0.15) is 36.6 Å². The van der Waals surface area contributed by atoms with Crippen molar-refractivity contribution in [3.63, 3.8) is 0 Å². The molecular formula is C17H22ClN3O2S. The first kappa shape index (κ1) is 17.6. The second-order valence-electron chi connectivity index (χ2n) is 6.56. The number of hydrogen-bond donors (Lipinski definition) is 2. The van der Waals surface area contributed by atoms with E-state index in [0.717, 1.165) is 15.9 Å². The van der Waals surface area contributed by atoms with Crippen LogP contribution in [0.2, 0.25) is 0 Å². The molecule has 1 saturated heterocycles. The van der Waals surface area contributed by atoms with E-state index in [1.54, 1.807) is 11.3 Å². The molecule has 5 nitrogen and oxygen atoms in total. The van der Waals surface area contributed by atoms with Crippen LogP contribution in [0.5, 0.6) is 0 Å². The highest BCUT2D eigenvalue weighted by Crippen LogP contribution is 2.43. The van der Waals surface area contributed by atoms with E-state index in [-0.39, 0.29) is 18.3 Å². The molecule has 0 atom stereocenters. The fourth-order valence-electron chi connectivity index (χ4n) is 3.07. The molecule has 0 bridgehead atoms. The summed E-state index contributed by atoms with van der Waals surface area (Å²) in [4.78, 5) is 17.4. The van der Waals surface area contributed by atoms with Gasteiger partial charge in [-0.2, -0.15) is 0 Å². The van der Waals surface area contributed by atoms with Gasteiger partial charge in [-0.15, -0.1) is 23.7 Å². The molecule has 1 aromatic carbocycles. The van der Waals surface area contributed by atoms with Crippen molar-refractivity contribution in [1.82, 2.24) is 4.98 Å². The van der Waals surface area contributed by atoms with Crippen LogP contribution in [0.15, 0.2) is 18.2 Å². The van der Waals surface area contributed by atoms with Crippen molar-refractivity contribution in [1.29, 1.82) is 0 Å². The van der Waals surface area contributed by atoms with Crippen molar-refractivity contribution in [2.75, 3.05) is 25.1 Å². The fraction of sp³-hybridized carbons (Fsp3) is 0.529. The molecule has 0 spiro atoms. The molecule has 2 heterocycles. The van der Waals surface area contributed by atoms with Crippen molar-refractivity contribution in [2.45, 2.75) is 31.6 Å². The summed E-state index contributed by atoms with van der Waals surface area (Å²) < 4.78 is 6.51. The second kappa shape index (κ2) is 6.96. The predicted octanol–water partition coefficient (Wildman–Crippen LogP) is 3.29. The molecule has 1 saturated carbocycles. The lowest BCUT2D eigenvalue weighted by molar-refractivity contribution is -0.130. The maximum Gasteiger partial charge on any atom is 0.232 e. The Morgan fingerprint density at radius 1 is 1.38 bits per heavy atom. The number of aromatic nitrogens is 1. The predicted molar refractivity (Wildman–Crippen MR) is 99.0 cm³/mol. The van der Waals surface area contributed by atoms with E-state index in [4.69, 9.17) is 10.5 Å². The highest BCUT2D eigenvalue weighted by Gasteiger charge is 2.38. The third kappa shape index (κ3) is 3.28. The maximum atomic E-state index is 12.7. The van der Waals surface area contributed by atoms with Gasteiger partial charge in [0.1, 0.15) is 0 Å². The summed E-state index contributed by atoms with van der Waals surface area (Å²) in [6.45, 7) is 1.56. The third-order valence-electron chi connectivity index (χ3n) is 4.91. The number of carbonyl (C=O) groups excluding carboxylic acids is 1. The zero-order valence-corrected chi connectivity index (χ0v) is 15.0. The number of halogens is 1. The molecule has 7 heteroatoms. The van der Waals surface area contributed by atoms with Crippen LogP contribution in [0.3, 0.4) is 0 Å². The monoisotopic (exact) mass is 367 g/mol. The molecule has 0 unspecified atom stereocenters. The van der Waals surface area contributed by atoms with Gasteiger partial charge in [0.15, 0.2) is 0 Å². The van der Waals surface area contributed by atoms with Crippen LogP contribution in [-0.2, 0) is 9.53 Å². The number of nitrogens with one attached hydrogen (secondary N) is 1. The van der Waals surface area contributed by atoms with Gasteiger partial charge in [-0.05, 0) is 43.9 Å². The average molecular weight is 368 g/mol. The number of benzene rings is 1. The van der Waals surface area contributed by atoms with Crippen molar-refractivity contribution in [3.05, 3.63) is 23.2 Å². The lowest BCUT2D eigenvalue weighted by Gasteiger charge is -2.34. The first-order valence-corrected chi connectivity index (χ1v) is 9.02. The van der Waals surface area contributed by atoms with Gasteiger partial charge in [0, 0.05) is 31.4 Å². The smallest absolute Gasteiger partial charge is 0.232 e. The van der Waals surface area contributed by atoms with E-state index in [1.165, 1.54) is 17.8 Å². The Hall–Kier alpha value is -1.21. The molecular weight excluding hydrogens is 346 g/mol. The molecule has 1 aliphatic heterocycles. The highest BCUT2D eigenvalue weighted by molar-refractivity contribution is 7.18. The van der Waals surface area contributed by atoms with Gasteiger partial charge in [-0.25, -0.2) is 4.98 Å². The maximum absolute atomic E-state index is 12.7. The third-order valence-corrected chi connectivity index (χ3v) is 6.09. The molecule has 4 rings (SSSR count). The minimum atomic E-state index is -0.500. The van der Waals surface area contributed by atoms with E-state index in [0.29, 0.717) is 38.5 Å². The van der Waals surface area contributed by atoms with Crippen LogP contribution < -0.4 is 11.1 Å². The van der Waals surface area contributed by atoms with Gasteiger partial charge in [-0.3, -0.25) is 4.79 Å². The van der Waals surface area contributed by atoms with Crippen molar-refractivity contribution in [2.24, 2.45) is 11.1 Å². The van der Waals surface area contributed by atoms with Crippen LogP contribution in [-0.4, -0.2) is 30.6 Å². The molecule has 130 valence electrons. The average Bonchev–Trinajstić information content (AvgIpc) is 3.35. The molecule has 0 radical (unpaired) electrons. The summed E-state index contributed by atoms with van der Waals surface area (Å²) in [6.07, 6.45) is 3.88. The van der Waals surface area contributed by atoms with Gasteiger partial charge in [0.2, 0.25) is 5.91 Å². The zero-order chi connectivity index (χ0) is 15.9. The Labute approximate surface area is 151 Å². The minimum absolute atomic E-state index is 0. The summed E-state index contributed by atoms with van der Waals surface area (Å²) in [7, 11) is 0. The quantitative estimate of drug-likeness (QED) is 0.869. The van der Waals surface area contributed by atoms with Gasteiger partial charge in [0.05, 0.1) is 20.6 Å². The lowest BCUT2D eigenvalue weighted by Crippen LogP contribution is -2.46. The number of nitrogens with zero attached hydrogens (tertiary/aromatic N) is 1. The van der Waals surface area contributed by atoms with Gasteiger partial charge >= 0.3 is 0 Å². The Balaban J connectivity index is 0.00000169. The summed E-state index contributed by atoms with van der Waals surface area (Å²) >= 11 is 1.74. The zero-order valence-electron chi connectivity index (χ0n) is 13.4. The van der Waals surface area contributed by atoms with Crippen molar-refractivity contribution in [3.8, 4) is 0 Å². The fourth-order valence-corrected chi connectivity index (χ4v) is 4.25. The first-order chi connectivity index (χ1) is 11.2. The number of fused-ring (bicyclic) bond motifs is 1. The molecule has 2 fully saturated rings. The number of ether oxygens (including phenoxy) is 1. The first-order valence-electron chi connectivity index (χ1n) is 8.20. The van der Waals surface area contributed by atoms with Crippen LogP contribution in [0.25, 0.3) is 10.2 Å². The molecule has 3 N–H and O–H groups in total. The van der Waals surface area contributed by atoms with Crippen molar-refractivity contribution < 1.29 is 9.53 Å². The number of nitrogens with two attached hydrogens (primary N) is 1. The van der Waals surface area contributed by atoms with Gasteiger partial charge < -0.3 is 15.8 Å². The number of carbonyl (C=O) groups is 1. The van der Waals surface area contributed by atoms with Gasteiger partial charge in [0.25, 0.3) is 0 Å². The van der Waals surface area contributed by atoms with Crippen molar-refractivity contribution >= 4 is 45.6 Å². The van der Waals surface area contributed by atoms with E-state index in [2.05, 4.69) is 10.3 Å². The summed E-state index contributed by atoms with van der Waals surface area (Å²) in [6, 6.07) is 5.95. The Kier molecular flexibility index (Phi) is 5.11. The largest absolute Gasteiger partial charge is 0.381 e. The normalized spacial score (nSPS) is 19.7. The molecule has 2 aromatic rings. The Bertz CT molecular complexity index is 739. The standard InChI is InChI=1S/C17H21N3O2S.ClH/c18-10-17(5-7-22-8-6-17)16(21)19-12-3-4-13-14(9-12)23-15(20-13)11-1-2-11;/h3-4,9,11H,1-2,5-8,10,18H2,(H,19,21);1H. The summed E-state index contributed by atoms with van der Waals surface area (Å²) in [5.41, 5.74) is 7.25. The number of thiazole rings is 1. The number of anilines is 1. The summed E-state index contributed by atoms with van der Waals surface area (Å²) in [5, 5.41) is 4.28. The summed E-state index contributed by atoms with van der Waals surface area (Å²) in [5.74, 6) is 0.669.